The summed E-state index contributed by atoms with van der Waals surface area (Å²) < 4.78 is 5.71. The molecule has 0 fully saturated rings. The van der Waals surface area contributed by atoms with Crippen molar-refractivity contribution < 1.29 is 4.74 Å². The fraction of sp³-hybridized carbons (Fsp3) is 0.308. The molecule has 1 aromatic carbocycles. The van der Waals surface area contributed by atoms with Crippen LogP contribution in [0.15, 0.2) is 30.3 Å². The molecule has 3 heteroatoms. The van der Waals surface area contributed by atoms with Gasteiger partial charge >= 0.3 is 0 Å². The summed E-state index contributed by atoms with van der Waals surface area (Å²) in [4.78, 5) is 4.45. The molecule has 84 valence electrons. The maximum Gasteiger partial charge on any atom is 0.130 e. The molecule has 2 rings (SSSR count). The Labute approximate surface area is 100 Å². The molecule has 2 aromatic rings. The molecule has 0 amide bonds. The third kappa shape index (κ3) is 2.27. The Morgan fingerprint density at radius 3 is 2.88 bits per heavy atom. The van der Waals surface area contributed by atoms with E-state index in [4.69, 9.17) is 16.3 Å². The molecule has 0 spiro atoms. The van der Waals surface area contributed by atoms with E-state index in [1.165, 1.54) is 0 Å². The van der Waals surface area contributed by atoms with Gasteiger partial charge in [0.2, 0.25) is 0 Å². The van der Waals surface area contributed by atoms with Crippen LogP contribution >= 0.6 is 11.6 Å². The summed E-state index contributed by atoms with van der Waals surface area (Å²) in [6.45, 7) is 2.81. The normalized spacial score (nSPS) is 10.6. The van der Waals surface area contributed by atoms with E-state index >= 15 is 0 Å². The van der Waals surface area contributed by atoms with Crippen LogP contribution in [0.2, 0.25) is 0 Å². The Morgan fingerprint density at radius 1 is 1.31 bits per heavy atom. The lowest BCUT2D eigenvalue weighted by molar-refractivity contribution is 0.320. The van der Waals surface area contributed by atoms with Gasteiger partial charge in [0.25, 0.3) is 0 Å². The first-order chi connectivity index (χ1) is 7.85. The van der Waals surface area contributed by atoms with Gasteiger partial charge < -0.3 is 4.74 Å². The minimum Gasteiger partial charge on any atom is -0.493 e. The monoisotopic (exact) mass is 235 g/mol. The Bertz CT molecular complexity index is 484. The second-order valence-electron chi connectivity index (χ2n) is 3.61. The number of para-hydroxylation sites is 1. The van der Waals surface area contributed by atoms with E-state index in [9.17, 15) is 0 Å². The summed E-state index contributed by atoms with van der Waals surface area (Å²) in [5.74, 6) is 1.29. The molecule has 0 atom stereocenters. The molecule has 0 aliphatic carbocycles. The van der Waals surface area contributed by atoms with Gasteiger partial charge in [-0.1, -0.05) is 19.1 Å². The highest BCUT2D eigenvalue weighted by Crippen LogP contribution is 2.26. The van der Waals surface area contributed by atoms with Crippen LogP contribution in [0, 0.1) is 0 Å². The maximum absolute atomic E-state index is 5.82. The van der Waals surface area contributed by atoms with Crippen molar-refractivity contribution >= 4 is 22.5 Å². The van der Waals surface area contributed by atoms with E-state index in [1.54, 1.807) is 0 Å². The second-order valence-corrected chi connectivity index (χ2v) is 3.88. The fourth-order valence-electron chi connectivity index (χ4n) is 1.60. The van der Waals surface area contributed by atoms with Gasteiger partial charge in [0.05, 0.1) is 23.7 Å². The summed E-state index contributed by atoms with van der Waals surface area (Å²) >= 11 is 5.82. The summed E-state index contributed by atoms with van der Waals surface area (Å²) in [7, 11) is 0. The molecular weight excluding hydrogens is 222 g/mol. The Morgan fingerprint density at radius 2 is 2.12 bits per heavy atom. The topological polar surface area (TPSA) is 22.1 Å². The average Bonchev–Trinajstić information content (AvgIpc) is 2.35. The summed E-state index contributed by atoms with van der Waals surface area (Å²) in [5, 5.41) is 1.05. The van der Waals surface area contributed by atoms with Crippen molar-refractivity contribution in [1.82, 2.24) is 4.98 Å². The van der Waals surface area contributed by atoms with Crippen LogP contribution in [0.25, 0.3) is 10.9 Å². The summed E-state index contributed by atoms with van der Waals surface area (Å²) in [6.07, 6.45) is 0.993. The number of hydrogen-bond donors (Lipinski definition) is 0. The molecule has 0 aliphatic rings. The number of hydrogen-bond acceptors (Lipinski definition) is 2. The number of fused-ring (bicyclic) bond motifs is 1. The SMILES string of the molecule is CCCOc1cc(CCl)nc2ccccc12. The molecule has 0 N–H and O–H groups in total. The van der Waals surface area contributed by atoms with E-state index in [-0.39, 0.29) is 0 Å². The minimum absolute atomic E-state index is 0.410. The van der Waals surface area contributed by atoms with Crippen molar-refractivity contribution in [1.29, 1.82) is 0 Å². The van der Waals surface area contributed by atoms with Crippen LogP contribution in [0.5, 0.6) is 5.75 Å². The standard InChI is InChI=1S/C13H14ClNO/c1-2-7-16-13-8-10(9-14)15-12-6-4-3-5-11(12)13/h3-6,8H,2,7,9H2,1H3. The van der Waals surface area contributed by atoms with Gasteiger partial charge in [-0.15, -0.1) is 11.6 Å². The van der Waals surface area contributed by atoms with Gasteiger partial charge in [-0.3, -0.25) is 4.98 Å². The van der Waals surface area contributed by atoms with Crippen molar-refractivity contribution in [3.63, 3.8) is 0 Å². The highest BCUT2D eigenvalue weighted by Gasteiger charge is 2.05. The largest absolute Gasteiger partial charge is 0.493 e. The first-order valence-electron chi connectivity index (χ1n) is 5.42. The van der Waals surface area contributed by atoms with E-state index in [1.807, 2.05) is 30.3 Å². The zero-order valence-corrected chi connectivity index (χ0v) is 10.00. The number of halogens is 1. The average molecular weight is 236 g/mol. The van der Waals surface area contributed by atoms with Crippen LogP contribution in [0.3, 0.4) is 0 Å². The van der Waals surface area contributed by atoms with Gasteiger partial charge in [-0.05, 0) is 18.6 Å². The quantitative estimate of drug-likeness (QED) is 0.753. The lowest BCUT2D eigenvalue weighted by atomic mass is 10.2. The molecule has 0 bridgehead atoms. The Balaban J connectivity index is 2.50. The molecule has 0 unspecified atom stereocenters. The molecular formula is C13H14ClNO. The molecule has 0 saturated carbocycles. The van der Waals surface area contributed by atoms with Gasteiger partial charge in [0.1, 0.15) is 5.75 Å². The number of pyridine rings is 1. The number of aromatic nitrogens is 1. The second kappa shape index (κ2) is 5.17. The van der Waals surface area contributed by atoms with Crippen molar-refractivity contribution in [2.45, 2.75) is 19.2 Å². The van der Waals surface area contributed by atoms with E-state index in [0.29, 0.717) is 5.88 Å². The predicted molar refractivity (Wildman–Crippen MR) is 67.1 cm³/mol. The predicted octanol–water partition coefficient (Wildman–Crippen LogP) is 3.76. The van der Waals surface area contributed by atoms with Crippen LogP contribution < -0.4 is 4.74 Å². The maximum atomic E-state index is 5.82. The van der Waals surface area contributed by atoms with Crippen LogP contribution in [0.4, 0.5) is 0 Å². The zero-order valence-electron chi connectivity index (χ0n) is 9.24. The first kappa shape index (κ1) is 11.2. The highest BCUT2D eigenvalue weighted by molar-refractivity contribution is 6.17. The number of benzene rings is 1. The number of rotatable bonds is 4. The van der Waals surface area contributed by atoms with E-state index in [0.717, 1.165) is 35.4 Å². The molecule has 0 saturated heterocycles. The lowest BCUT2D eigenvalue weighted by Gasteiger charge is -2.09. The van der Waals surface area contributed by atoms with Crippen molar-refractivity contribution in [2.75, 3.05) is 6.61 Å². The van der Waals surface area contributed by atoms with Crippen molar-refractivity contribution in [3.8, 4) is 5.75 Å². The molecule has 0 radical (unpaired) electrons. The number of ether oxygens (including phenoxy) is 1. The zero-order chi connectivity index (χ0) is 11.4. The fourth-order valence-corrected chi connectivity index (χ4v) is 1.73. The molecule has 2 nitrogen and oxygen atoms in total. The molecule has 0 aliphatic heterocycles. The van der Waals surface area contributed by atoms with Crippen molar-refractivity contribution in [2.24, 2.45) is 0 Å². The molecule has 1 heterocycles. The third-order valence-electron chi connectivity index (χ3n) is 2.33. The van der Waals surface area contributed by atoms with Gasteiger partial charge in [-0.25, -0.2) is 0 Å². The minimum atomic E-state index is 0.410. The Kier molecular flexibility index (Phi) is 3.62. The van der Waals surface area contributed by atoms with E-state index < -0.39 is 0 Å². The third-order valence-corrected chi connectivity index (χ3v) is 2.60. The van der Waals surface area contributed by atoms with Gasteiger partial charge in [0, 0.05) is 11.5 Å². The number of alkyl halides is 1. The van der Waals surface area contributed by atoms with Crippen LogP contribution in [0.1, 0.15) is 19.0 Å². The van der Waals surface area contributed by atoms with Gasteiger partial charge in [-0.2, -0.15) is 0 Å². The summed E-state index contributed by atoms with van der Waals surface area (Å²) in [6, 6.07) is 9.88. The summed E-state index contributed by atoms with van der Waals surface area (Å²) in [5.41, 5.74) is 1.79. The molecule has 1 aromatic heterocycles. The van der Waals surface area contributed by atoms with Crippen LogP contribution in [-0.4, -0.2) is 11.6 Å². The van der Waals surface area contributed by atoms with E-state index in [2.05, 4.69) is 11.9 Å². The lowest BCUT2D eigenvalue weighted by Crippen LogP contribution is -1.98. The highest BCUT2D eigenvalue weighted by atomic mass is 35.5. The number of nitrogens with zero attached hydrogens (tertiary/aromatic N) is 1. The molecule has 16 heavy (non-hydrogen) atoms. The Hall–Kier alpha value is -1.28. The van der Waals surface area contributed by atoms with Crippen LogP contribution in [-0.2, 0) is 5.88 Å². The van der Waals surface area contributed by atoms with Crippen molar-refractivity contribution in [3.05, 3.63) is 36.0 Å². The smallest absolute Gasteiger partial charge is 0.130 e. The van der Waals surface area contributed by atoms with Gasteiger partial charge in [0.15, 0.2) is 0 Å². The first-order valence-corrected chi connectivity index (χ1v) is 5.96.